The Morgan fingerprint density at radius 3 is 2.81 bits per heavy atom. The lowest BCUT2D eigenvalue weighted by atomic mass is 9.86. The summed E-state index contributed by atoms with van der Waals surface area (Å²) in [6, 6.07) is 1.20. The number of fused-ring (bicyclic) bond motifs is 1. The van der Waals surface area contributed by atoms with Crippen molar-refractivity contribution in [1.29, 1.82) is 0 Å². The lowest BCUT2D eigenvalue weighted by Gasteiger charge is -2.29. The summed E-state index contributed by atoms with van der Waals surface area (Å²) in [6.45, 7) is 5.98. The molecule has 0 aliphatic rings. The quantitative estimate of drug-likeness (QED) is 0.894. The van der Waals surface area contributed by atoms with Gasteiger partial charge in [0.05, 0.1) is 18.1 Å². The largest absolute Gasteiger partial charge is 0.337 e. The van der Waals surface area contributed by atoms with Crippen LogP contribution in [0.4, 0.5) is 0 Å². The first-order chi connectivity index (χ1) is 9.70. The summed E-state index contributed by atoms with van der Waals surface area (Å²) in [4.78, 5) is 32.7. The van der Waals surface area contributed by atoms with Gasteiger partial charge < -0.3 is 15.6 Å². The van der Waals surface area contributed by atoms with Crippen molar-refractivity contribution in [3.05, 3.63) is 27.6 Å². The van der Waals surface area contributed by atoms with E-state index in [1.54, 1.807) is 13.1 Å². The molecule has 6 nitrogen and oxygen atoms in total. The fourth-order valence-corrected chi connectivity index (χ4v) is 2.63. The van der Waals surface area contributed by atoms with Crippen molar-refractivity contribution in [3.8, 4) is 0 Å². The Kier molecular flexibility index (Phi) is 4.15. The van der Waals surface area contributed by atoms with Crippen LogP contribution in [0, 0.1) is 5.41 Å². The molecule has 0 saturated carbocycles. The number of nitrogens with zero attached hydrogens (tertiary/aromatic N) is 2. The van der Waals surface area contributed by atoms with Crippen LogP contribution >= 0.6 is 11.3 Å². The maximum atomic E-state index is 12.3. The van der Waals surface area contributed by atoms with Gasteiger partial charge in [-0.2, -0.15) is 0 Å². The van der Waals surface area contributed by atoms with Gasteiger partial charge in [-0.1, -0.05) is 20.8 Å². The van der Waals surface area contributed by atoms with Crippen LogP contribution in [-0.2, 0) is 11.3 Å². The van der Waals surface area contributed by atoms with Gasteiger partial charge in [-0.05, 0) is 16.9 Å². The molecule has 0 unspecified atom stereocenters. The van der Waals surface area contributed by atoms with Crippen LogP contribution in [0.3, 0.4) is 0 Å². The molecule has 0 saturated heterocycles. The maximum Gasteiger partial charge on any atom is 0.268 e. The Bertz CT molecular complexity index is 714. The zero-order chi connectivity index (χ0) is 15.8. The highest BCUT2D eigenvalue weighted by molar-refractivity contribution is 7.17. The second-order valence-electron chi connectivity index (χ2n) is 6.19. The monoisotopic (exact) mass is 308 g/mol. The second-order valence-corrected chi connectivity index (χ2v) is 7.10. The number of nitrogens with two attached hydrogens (primary N) is 1. The number of amides is 1. The summed E-state index contributed by atoms with van der Waals surface area (Å²) in [5.74, 6) is 0.290. The number of carbonyl (C=O) groups is 1. The van der Waals surface area contributed by atoms with Gasteiger partial charge in [0.2, 0.25) is 5.91 Å². The van der Waals surface area contributed by atoms with Gasteiger partial charge in [0.25, 0.3) is 5.56 Å². The van der Waals surface area contributed by atoms with Gasteiger partial charge in [0, 0.05) is 7.05 Å². The van der Waals surface area contributed by atoms with E-state index in [1.807, 2.05) is 26.2 Å². The summed E-state index contributed by atoms with van der Waals surface area (Å²) < 4.78 is 0.596. The molecule has 2 rings (SSSR count). The molecule has 3 N–H and O–H groups in total. The average Bonchev–Trinajstić information content (AvgIpc) is 2.84. The van der Waals surface area contributed by atoms with Crippen molar-refractivity contribution in [1.82, 2.24) is 14.9 Å². The molecule has 0 fully saturated rings. The van der Waals surface area contributed by atoms with E-state index in [2.05, 4.69) is 9.97 Å². The Balaban J connectivity index is 2.20. The Morgan fingerprint density at radius 2 is 2.19 bits per heavy atom. The van der Waals surface area contributed by atoms with Crippen LogP contribution in [0.2, 0.25) is 0 Å². The van der Waals surface area contributed by atoms with Crippen LogP contribution in [-0.4, -0.2) is 33.9 Å². The number of hydrogen-bond donors (Lipinski definition) is 2. The number of aromatic nitrogens is 2. The molecule has 2 heterocycles. The number of thiophene rings is 1. The fourth-order valence-electron chi connectivity index (χ4n) is 1.91. The summed E-state index contributed by atoms with van der Waals surface area (Å²) in [6.07, 6.45) is 0. The van der Waals surface area contributed by atoms with Gasteiger partial charge in [-0.3, -0.25) is 9.59 Å². The molecule has 0 bridgehead atoms. The molecule has 2 aromatic rings. The zero-order valence-electron chi connectivity index (χ0n) is 12.6. The smallest absolute Gasteiger partial charge is 0.268 e. The standard InChI is InChI=1S/C14H20N4O2S/c1-14(2,3)11(15)13(20)18(4)7-9-16-8-5-6-21-10(8)12(19)17-9/h5-6,11H,7,15H2,1-4H3,(H,16,17,19)/t11-/m0/s1. The van der Waals surface area contributed by atoms with E-state index in [-0.39, 0.29) is 23.4 Å². The normalized spacial score (nSPS) is 13.4. The van der Waals surface area contributed by atoms with Crippen molar-refractivity contribution >= 4 is 27.5 Å². The van der Waals surface area contributed by atoms with Crippen LogP contribution in [0.25, 0.3) is 10.2 Å². The van der Waals surface area contributed by atoms with E-state index >= 15 is 0 Å². The Labute approximate surface area is 127 Å². The van der Waals surface area contributed by atoms with Crippen LogP contribution in [0.5, 0.6) is 0 Å². The zero-order valence-corrected chi connectivity index (χ0v) is 13.5. The maximum absolute atomic E-state index is 12.3. The van der Waals surface area contributed by atoms with E-state index < -0.39 is 6.04 Å². The molecular formula is C14H20N4O2S. The molecule has 0 aliphatic carbocycles. The van der Waals surface area contributed by atoms with Crippen molar-refractivity contribution in [2.24, 2.45) is 11.1 Å². The molecule has 0 radical (unpaired) electrons. The fraction of sp³-hybridized carbons (Fsp3) is 0.500. The molecule has 0 spiro atoms. The lowest BCUT2D eigenvalue weighted by Crippen LogP contribution is -2.49. The van der Waals surface area contributed by atoms with Crippen molar-refractivity contribution in [2.45, 2.75) is 33.4 Å². The van der Waals surface area contributed by atoms with Gasteiger partial charge in [0.15, 0.2) is 0 Å². The number of hydrogen-bond acceptors (Lipinski definition) is 5. The molecule has 21 heavy (non-hydrogen) atoms. The highest BCUT2D eigenvalue weighted by Gasteiger charge is 2.29. The molecular weight excluding hydrogens is 288 g/mol. The predicted octanol–water partition coefficient (Wildman–Crippen LogP) is 1.32. The first kappa shape index (κ1) is 15.7. The first-order valence-electron chi connectivity index (χ1n) is 6.67. The topological polar surface area (TPSA) is 92.1 Å². The third kappa shape index (κ3) is 3.30. The first-order valence-corrected chi connectivity index (χ1v) is 7.55. The van der Waals surface area contributed by atoms with E-state index in [4.69, 9.17) is 5.73 Å². The van der Waals surface area contributed by atoms with Gasteiger partial charge >= 0.3 is 0 Å². The summed E-state index contributed by atoms with van der Waals surface area (Å²) in [7, 11) is 1.66. The lowest BCUT2D eigenvalue weighted by molar-refractivity contribution is -0.134. The van der Waals surface area contributed by atoms with Gasteiger partial charge in [-0.15, -0.1) is 11.3 Å². The third-order valence-corrected chi connectivity index (χ3v) is 4.23. The van der Waals surface area contributed by atoms with Crippen molar-refractivity contribution in [3.63, 3.8) is 0 Å². The number of nitrogens with one attached hydrogen (secondary N) is 1. The molecule has 0 aliphatic heterocycles. The van der Waals surface area contributed by atoms with E-state index in [9.17, 15) is 9.59 Å². The molecule has 1 atom stereocenters. The highest BCUT2D eigenvalue weighted by Crippen LogP contribution is 2.19. The SMILES string of the molecule is CN(Cc1nc2ccsc2c(=O)[nH]1)C(=O)[C@H](N)C(C)(C)C. The van der Waals surface area contributed by atoms with Crippen LogP contribution in [0.1, 0.15) is 26.6 Å². The predicted molar refractivity (Wildman–Crippen MR) is 84.1 cm³/mol. The van der Waals surface area contributed by atoms with E-state index in [1.165, 1.54) is 16.2 Å². The Hall–Kier alpha value is -1.73. The molecule has 114 valence electrons. The molecule has 2 aromatic heterocycles. The molecule has 7 heteroatoms. The van der Waals surface area contributed by atoms with Gasteiger partial charge in [-0.25, -0.2) is 4.98 Å². The number of carbonyl (C=O) groups excluding carboxylic acids is 1. The van der Waals surface area contributed by atoms with Crippen LogP contribution < -0.4 is 11.3 Å². The number of likely N-dealkylation sites (N-methyl/N-ethyl adjacent to an activating group) is 1. The highest BCUT2D eigenvalue weighted by atomic mass is 32.1. The number of rotatable bonds is 3. The van der Waals surface area contributed by atoms with Crippen LogP contribution in [0.15, 0.2) is 16.2 Å². The number of aromatic amines is 1. The number of H-pyrrole nitrogens is 1. The average molecular weight is 308 g/mol. The Morgan fingerprint density at radius 1 is 1.52 bits per heavy atom. The minimum atomic E-state index is -0.598. The molecule has 1 amide bonds. The minimum absolute atomic E-state index is 0.171. The second kappa shape index (κ2) is 5.57. The summed E-state index contributed by atoms with van der Waals surface area (Å²) in [5.41, 5.74) is 6.13. The van der Waals surface area contributed by atoms with Gasteiger partial charge in [0.1, 0.15) is 10.5 Å². The van der Waals surface area contributed by atoms with E-state index in [0.29, 0.717) is 16.0 Å². The third-order valence-electron chi connectivity index (χ3n) is 3.33. The summed E-state index contributed by atoms with van der Waals surface area (Å²) in [5, 5.41) is 1.82. The minimum Gasteiger partial charge on any atom is -0.337 e. The molecule has 0 aromatic carbocycles. The van der Waals surface area contributed by atoms with Crippen molar-refractivity contribution < 1.29 is 4.79 Å². The summed E-state index contributed by atoms with van der Waals surface area (Å²) >= 11 is 1.35. The van der Waals surface area contributed by atoms with E-state index in [0.717, 1.165) is 0 Å². The van der Waals surface area contributed by atoms with Crippen molar-refractivity contribution in [2.75, 3.05) is 7.05 Å².